The molecule has 9 rings (SSSR count). The molecule has 13 nitrogen and oxygen atoms in total. The molecule has 0 N–H and O–H groups in total. The summed E-state index contributed by atoms with van der Waals surface area (Å²) in [7, 11) is 2.13. The predicted molar refractivity (Wildman–Crippen MR) is 243 cm³/mol. The van der Waals surface area contributed by atoms with Crippen LogP contribution in [0.2, 0.25) is 5.02 Å². The summed E-state index contributed by atoms with van der Waals surface area (Å²) < 4.78 is 82.7. The lowest BCUT2D eigenvalue weighted by Crippen LogP contribution is -2.47. The molecule has 3 aromatic heterocycles. The van der Waals surface area contributed by atoms with E-state index in [1.165, 1.54) is 36.0 Å². The van der Waals surface area contributed by atoms with Crippen molar-refractivity contribution in [1.29, 1.82) is 0 Å². The van der Waals surface area contributed by atoms with Gasteiger partial charge in [-0.3, -0.25) is 4.90 Å². The van der Waals surface area contributed by atoms with Crippen molar-refractivity contribution in [1.82, 2.24) is 29.7 Å². The Labute approximate surface area is 388 Å². The summed E-state index contributed by atoms with van der Waals surface area (Å²) in [5.74, 6) is -0.0769. The summed E-state index contributed by atoms with van der Waals surface area (Å²) in [6.45, 7) is 9.09. The number of halogens is 5. The van der Waals surface area contributed by atoms with Crippen LogP contribution in [0.3, 0.4) is 0 Å². The van der Waals surface area contributed by atoms with Gasteiger partial charge in [0.2, 0.25) is 12.0 Å². The Morgan fingerprint density at radius 3 is 2.55 bits per heavy atom. The van der Waals surface area contributed by atoms with Gasteiger partial charge in [-0.2, -0.15) is 18.2 Å². The molecule has 3 aromatic carbocycles. The minimum absolute atomic E-state index is 0.0625. The second-order valence-electron chi connectivity index (χ2n) is 15.9. The minimum atomic E-state index is -4.39. The van der Waals surface area contributed by atoms with E-state index in [2.05, 4.69) is 41.7 Å². The lowest BCUT2D eigenvalue weighted by Gasteiger charge is -2.35. The minimum Gasteiger partial charge on any atom is -0.492 e. The highest BCUT2D eigenvalue weighted by atomic mass is 35.5. The molecule has 4 bridgehead atoms. The van der Waals surface area contributed by atoms with E-state index in [0.717, 1.165) is 60.0 Å². The van der Waals surface area contributed by atoms with Crippen LogP contribution in [0.4, 0.5) is 23.2 Å². The first-order chi connectivity index (χ1) is 31.8. The van der Waals surface area contributed by atoms with E-state index in [1.807, 2.05) is 19.1 Å². The zero-order valence-corrected chi connectivity index (χ0v) is 38.1. The van der Waals surface area contributed by atoms with Crippen LogP contribution < -0.4 is 23.8 Å². The van der Waals surface area contributed by atoms with Gasteiger partial charge in [0.1, 0.15) is 48.3 Å². The highest BCUT2D eigenvalue weighted by Gasteiger charge is 2.31. The van der Waals surface area contributed by atoms with Gasteiger partial charge in [0.15, 0.2) is 0 Å². The number of carbonyl (C=O) groups is 1. The van der Waals surface area contributed by atoms with Crippen molar-refractivity contribution in [2.75, 3.05) is 77.6 Å². The summed E-state index contributed by atoms with van der Waals surface area (Å²) in [6, 6.07) is 16.8. The maximum Gasteiger partial charge on any atom is 0.392 e. The molecule has 66 heavy (non-hydrogen) atoms. The molecule has 0 radical (unpaired) electrons. The first kappa shape index (κ1) is 46.7. The third-order valence-corrected chi connectivity index (χ3v) is 13.0. The van der Waals surface area contributed by atoms with Gasteiger partial charge in [-0.25, -0.2) is 24.1 Å². The number of piperazine rings is 1. The average Bonchev–Trinajstić information content (AvgIpc) is 3.68. The van der Waals surface area contributed by atoms with Crippen molar-refractivity contribution in [3.63, 3.8) is 0 Å². The molecule has 0 unspecified atom stereocenters. The largest absolute Gasteiger partial charge is 0.492 e. The first-order valence-corrected chi connectivity index (χ1v) is 22.7. The number of ether oxygens (including phenoxy) is 5. The fourth-order valence-electron chi connectivity index (χ4n) is 7.83. The summed E-state index contributed by atoms with van der Waals surface area (Å²) in [5, 5.41) is 1.08. The van der Waals surface area contributed by atoms with Gasteiger partial charge in [0.05, 0.1) is 41.4 Å². The average molecular weight is 950 g/mol. The normalized spacial score (nSPS) is 16.1. The summed E-state index contributed by atoms with van der Waals surface area (Å²) in [6.07, 6.45) is -4.14. The molecule has 3 aliphatic heterocycles. The fourth-order valence-corrected chi connectivity index (χ4v) is 9.26. The van der Waals surface area contributed by atoms with E-state index in [4.69, 9.17) is 35.3 Å². The molecule has 348 valence electrons. The summed E-state index contributed by atoms with van der Waals surface area (Å²) in [5.41, 5.74) is 4.71. The molecule has 3 aliphatic rings. The van der Waals surface area contributed by atoms with Crippen LogP contribution in [0, 0.1) is 12.7 Å². The van der Waals surface area contributed by atoms with Crippen LogP contribution >= 0.6 is 22.9 Å². The SMILES string of the molecule is CCOC(=O)[C@H]1Cc2cc(ccc2OCc2ccnc(OCCC(F)(F)F)n2)OCCN(CCN2CCN(C)CC2)c2ccc(c(C)c2Cl)-c2c(-c3ccc(F)cc3)sc3ncnc(c23)O1. The predicted octanol–water partition coefficient (Wildman–Crippen LogP) is 8.83. The smallest absolute Gasteiger partial charge is 0.392 e. The number of thiophene rings is 1. The van der Waals surface area contributed by atoms with Crippen molar-refractivity contribution < 1.29 is 46.0 Å². The van der Waals surface area contributed by atoms with Crippen LogP contribution in [-0.2, 0) is 22.6 Å². The second kappa shape index (κ2) is 20.8. The summed E-state index contributed by atoms with van der Waals surface area (Å²) in [4.78, 5) is 39.7. The quantitative estimate of drug-likeness (QED) is 0.0858. The number of nitrogens with zero attached hydrogens (tertiary/aromatic N) is 7. The van der Waals surface area contributed by atoms with Crippen molar-refractivity contribution >= 4 is 44.8 Å². The number of hydrogen-bond donors (Lipinski definition) is 0. The van der Waals surface area contributed by atoms with E-state index >= 15 is 0 Å². The number of alkyl halides is 3. The third kappa shape index (κ3) is 11.2. The molecule has 19 heteroatoms. The number of anilines is 1. The van der Waals surface area contributed by atoms with Gasteiger partial charge in [-0.05, 0) is 80.1 Å². The molecule has 0 spiro atoms. The molecule has 0 saturated carbocycles. The molecule has 1 atom stereocenters. The maximum atomic E-state index is 14.3. The Balaban J connectivity index is 1.21. The van der Waals surface area contributed by atoms with Gasteiger partial charge in [-0.15, -0.1) is 11.3 Å². The molecule has 6 aromatic rings. The van der Waals surface area contributed by atoms with Gasteiger partial charge < -0.3 is 33.5 Å². The Morgan fingerprint density at radius 1 is 0.970 bits per heavy atom. The van der Waals surface area contributed by atoms with E-state index in [1.54, 1.807) is 43.3 Å². The molecule has 0 amide bonds. The standard InChI is InChI=1S/C47H48ClF4N7O6S/c1-4-61-45(60)38-26-31-25-34(9-12-37(31)64-27-33-13-15-53-46(56-33)63-23-14-47(50,51)52)62-24-22-59(21-20-58-18-16-57(3)17-19-58)36-11-10-35(29(2)41(36)48)39-40-43(65-38)54-28-55-44(40)66-42(39)30-5-7-32(49)8-6-30/h5-13,15,25,28,38H,4,14,16-24,26-27H2,1-3H3/t38-/m1/s1. The van der Waals surface area contributed by atoms with Crippen molar-refractivity contribution in [3.05, 3.63) is 101 Å². The number of aromatic nitrogens is 4. The Bertz CT molecular complexity index is 2650. The second-order valence-corrected chi connectivity index (χ2v) is 17.3. The zero-order chi connectivity index (χ0) is 46.4. The third-order valence-electron chi connectivity index (χ3n) is 11.4. The van der Waals surface area contributed by atoms with Crippen LogP contribution in [0.5, 0.6) is 23.4 Å². The Morgan fingerprint density at radius 2 is 1.77 bits per heavy atom. The maximum absolute atomic E-state index is 14.3. The number of carbonyl (C=O) groups excluding carboxylic acids is 1. The first-order valence-electron chi connectivity index (χ1n) is 21.6. The van der Waals surface area contributed by atoms with Crippen LogP contribution in [0.25, 0.3) is 31.8 Å². The molecule has 6 heterocycles. The Kier molecular flexibility index (Phi) is 14.7. The number of hydrogen-bond acceptors (Lipinski definition) is 14. The van der Waals surface area contributed by atoms with Crippen LogP contribution in [-0.4, -0.2) is 121 Å². The monoisotopic (exact) mass is 949 g/mol. The van der Waals surface area contributed by atoms with Crippen molar-refractivity contribution in [2.24, 2.45) is 0 Å². The fraction of sp³-hybridized carbons (Fsp3) is 0.383. The van der Waals surface area contributed by atoms with E-state index in [-0.39, 0.29) is 43.9 Å². The van der Waals surface area contributed by atoms with Gasteiger partial charge in [0, 0.05) is 67.9 Å². The van der Waals surface area contributed by atoms with Gasteiger partial charge >= 0.3 is 18.2 Å². The van der Waals surface area contributed by atoms with Gasteiger partial charge in [-0.1, -0.05) is 29.8 Å². The molecular weight excluding hydrogens is 902 g/mol. The van der Waals surface area contributed by atoms with E-state index in [0.29, 0.717) is 56.6 Å². The zero-order valence-electron chi connectivity index (χ0n) is 36.6. The lowest BCUT2D eigenvalue weighted by atomic mass is 9.95. The highest BCUT2D eigenvalue weighted by molar-refractivity contribution is 7.22. The number of likely N-dealkylation sites (N-methyl/N-ethyl adjacent to an activating group) is 1. The Hall–Kier alpha value is -5.82. The van der Waals surface area contributed by atoms with E-state index in [9.17, 15) is 22.4 Å². The lowest BCUT2D eigenvalue weighted by molar-refractivity contribution is -0.151. The van der Waals surface area contributed by atoms with Gasteiger partial charge in [0.25, 0.3) is 0 Å². The number of fused-ring (bicyclic) bond motifs is 7. The molecule has 1 fully saturated rings. The topological polar surface area (TPSA) is 124 Å². The number of benzene rings is 3. The van der Waals surface area contributed by atoms with Crippen molar-refractivity contribution in [3.8, 4) is 45.0 Å². The number of rotatable bonds is 12. The summed E-state index contributed by atoms with van der Waals surface area (Å²) >= 11 is 8.80. The molecule has 0 aliphatic carbocycles. The van der Waals surface area contributed by atoms with Crippen LogP contribution in [0.1, 0.15) is 30.2 Å². The molecule has 1 saturated heterocycles. The van der Waals surface area contributed by atoms with E-state index < -0.39 is 31.3 Å². The molecular formula is C47H48ClF4N7O6S. The van der Waals surface area contributed by atoms with Crippen LogP contribution in [0.15, 0.2) is 73.2 Å². The van der Waals surface area contributed by atoms with Crippen molar-refractivity contribution in [2.45, 2.75) is 45.6 Å². The highest BCUT2D eigenvalue weighted by Crippen LogP contribution is 2.49. The number of esters is 1.